The highest BCUT2D eigenvalue weighted by molar-refractivity contribution is 6.01. The fraction of sp³-hybridized carbons (Fsp3) is 0.462. The van der Waals surface area contributed by atoms with Gasteiger partial charge >= 0.3 is 0 Å². The van der Waals surface area contributed by atoms with Crippen molar-refractivity contribution in [1.29, 1.82) is 0 Å². The van der Waals surface area contributed by atoms with E-state index in [4.69, 9.17) is 5.73 Å². The molecule has 1 atom stereocenters. The fourth-order valence-corrected chi connectivity index (χ4v) is 1.50. The Morgan fingerprint density at radius 2 is 1.81 bits per heavy atom. The summed E-state index contributed by atoms with van der Waals surface area (Å²) in [6.07, 6.45) is 0. The second-order valence-electron chi connectivity index (χ2n) is 4.38. The number of benzene rings is 1. The van der Waals surface area contributed by atoms with Gasteiger partial charge in [-0.05, 0) is 30.9 Å². The van der Waals surface area contributed by atoms with Gasteiger partial charge in [0.1, 0.15) is 0 Å². The summed E-state index contributed by atoms with van der Waals surface area (Å²) in [6, 6.07) is 5.37. The standard InChI is InChI=1S/C13H19NO.ClH/c1-8(2)12(14)13(15)11-7-5-6-9(3)10(11)4;/h5-8,12H,14H2,1-4H3;1H/t12-;/m0./s1. The van der Waals surface area contributed by atoms with Gasteiger partial charge in [0.2, 0.25) is 0 Å². The molecule has 1 aromatic rings. The first kappa shape index (κ1) is 15.1. The highest BCUT2D eigenvalue weighted by atomic mass is 35.5. The predicted molar refractivity (Wildman–Crippen MR) is 70.3 cm³/mol. The van der Waals surface area contributed by atoms with Crippen LogP contribution >= 0.6 is 12.4 Å². The van der Waals surface area contributed by atoms with Gasteiger partial charge in [-0.15, -0.1) is 12.4 Å². The van der Waals surface area contributed by atoms with Crippen LogP contribution in [0, 0.1) is 19.8 Å². The number of halogens is 1. The van der Waals surface area contributed by atoms with E-state index in [0.717, 1.165) is 16.7 Å². The molecule has 0 spiro atoms. The number of hydrogen-bond donors (Lipinski definition) is 1. The number of rotatable bonds is 3. The number of carbonyl (C=O) groups is 1. The van der Waals surface area contributed by atoms with E-state index in [2.05, 4.69) is 0 Å². The Morgan fingerprint density at radius 1 is 1.25 bits per heavy atom. The second kappa shape index (κ2) is 6.02. The van der Waals surface area contributed by atoms with Crippen molar-refractivity contribution in [1.82, 2.24) is 0 Å². The van der Waals surface area contributed by atoms with Crippen LogP contribution < -0.4 is 5.73 Å². The van der Waals surface area contributed by atoms with Crippen molar-refractivity contribution in [2.75, 3.05) is 0 Å². The van der Waals surface area contributed by atoms with Crippen LogP contribution in [0.25, 0.3) is 0 Å². The van der Waals surface area contributed by atoms with Crippen LogP contribution in [0.1, 0.15) is 35.3 Å². The van der Waals surface area contributed by atoms with E-state index in [-0.39, 0.29) is 24.1 Å². The number of hydrogen-bond acceptors (Lipinski definition) is 2. The van der Waals surface area contributed by atoms with E-state index >= 15 is 0 Å². The van der Waals surface area contributed by atoms with Gasteiger partial charge in [-0.1, -0.05) is 32.0 Å². The number of carbonyl (C=O) groups excluding carboxylic acids is 1. The van der Waals surface area contributed by atoms with Crippen LogP contribution in [-0.2, 0) is 0 Å². The number of ketones is 1. The molecule has 1 aromatic carbocycles. The summed E-state index contributed by atoms with van der Waals surface area (Å²) in [7, 11) is 0. The maximum absolute atomic E-state index is 12.0. The molecule has 0 amide bonds. The van der Waals surface area contributed by atoms with Crippen molar-refractivity contribution in [2.45, 2.75) is 33.7 Å². The molecule has 0 fully saturated rings. The third-order valence-corrected chi connectivity index (χ3v) is 2.89. The largest absolute Gasteiger partial charge is 0.321 e. The molecule has 2 N–H and O–H groups in total. The number of Topliss-reactive ketones (excluding diaryl/α,β-unsaturated/α-hetero) is 1. The SMILES string of the molecule is Cc1cccc(C(=O)[C@@H](N)C(C)C)c1C.Cl. The summed E-state index contributed by atoms with van der Waals surface area (Å²) < 4.78 is 0. The van der Waals surface area contributed by atoms with Gasteiger partial charge < -0.3 is 5.73 Å². The molecule has 0 aliphatic heterocycles. The summed E-state index contributed by atoms with van der Waals surface area (Å²) in [6.45, 7) is 7.91. The number of nitrogens with two attached hydrogens (primary N) is 1. The van der Waals surface area contributed by atoms with Gasteiger partial charge in [-0.2, -0.15) is 0 Å². The molecule has 0 aromatic heterocycles. The lowest BCUT2D eigenvalue weighted by atomic mass is 9.92. The number of aryl methyl sites for hydroxylation is 1. The zero-order valence-corrected chi connectivity index (χ0v) is 11.1. The zero-order chi connectivity index (χ0) is 11.6. The first-order valence-corrected chi connectivity index (χ1v) is 5.31. The molecule has 0 bridgehead atoms. The maximum atomic E-state index is 12.0. The summed E-state index contributed by atoms with van der Waals surface area (Å²) in [4.78, 5) is 12.0. The second-order valence-corrected chi connectivity index (χ2v) is 4.38. The molecule has 0 unspecified atom stereocenters. The highest BCUT2D eigenvalue weighted by Gasteiger charge is 2.20. The average molecular weight is 242 g/mol. The molecule has 0 saturated heterocycles. The van der Waals surface area contributed by atoms with Crippen molar-refractivity contribution in [2.24, 2.45) is 11.7 Å². The van der Waals surface area contributed by atoms with Gasteiger partial charge in [0, 0.05) is 5.56 Å². The van der Waals surface area contributed by atoms with Crippen LogP contribution in [0.2, 0.25) is 0 Å². The Labute approximate surface area is 104 Å². The van der Waals surface area contributed by atoms with E-state index in [0.29, 0.717) is 0 Å². The summed E-state index contributed by atoms with van der Waals surface area (Å²) in [5.74, 6) is 0.226. The lowest BCUT2D eigenvalue weighted by Crippen LogP contribution is -2.35. The Balaban J connectivity index is 0.00000225. The van der Waals surface area contributed by atoms with Crippen LogP contribution in [0.15, 0.2) is 18.2 Å². The first-order valence-electron chi connectivity index (χ1n) is 5.31. The highest BCUT2D eigenvalue weighted by Crippen LogP contribution is 2.16. The quantitative estimate of drug-likeness (QED) is 0.827. The van der Waals surface area contributed by atoms with Crippen molar-refractivity contribution in [3.05, 3.63) is 34.9 Å². The lowest BCUT2D eigenvalue weighted by molar-refractivity contribution is 0.0940. The topological polar surface area (TPSA) is 43.1 Å². The van der Waals surface area contributed by atoms with Crippen LogP contribution in [0.4, 0.5) is 0 Å². The third-order valence-electron chi connectivity index (χ3n) is 2.89. The van der Waals surface area contributed by atoms with Gasteiger partial charge in [0.25, 0.3) is 0 Å². The van der Waals surface area contributed by atoms with Crippen LogP contribution in [0.3, 0.4) is 0 Å². The van der Waals surface area contributed by atoms with Gasteiger partial charge in [-0.3, -0.25) is 4.79 Å². The van der Waals surface area contributed by atoms with Crippen molar-refractivity contribution >= 4 is 18.2 Å². The molecular weight excluding hydrogens is 222 g/mol. The van der Waals surface area contributed by atoms with Crippen molar-refractivity contribution in [3.8, 4) is 0 Å². The summed E-state index contributed by atoms with van der Waals surface area (Å²) >= 11 is 0. The van der Waals surface area contributed by atoms with Gasteiger partial charge in [0.05, 0.1) is 6.04 Å². The van der Waals surface area contributed by atoms with E-state index in [1.807, 2.05) is 45.9 Å². The van der Waals surface area contributed by atoms with E-state index in [1.54, 1.807) is 0 Å². The Kier molecular flexibility index (Phi) is 5.70. The van der Waals surface area contributed by atoms with E-state index in [1.165, 1.54) is 0 Å². The predicted octanol–water partition coefficient (Wildman–Crippen LogP) is 2.89. The van der Waals surface area contributed by atoms with E-state index < -0.39 is 6.04 Å². The van der Waals surface area contributed by atoms with Crippen molar-refractivity contribution in [3.63, 3.8) is 0 Å². The minimum Gasteiger partial charge on any atom is -0.321 e. The molecule has 0 saturated carbocycles. The maximum Gasteiger partial charge on any atom is 0.180 e. The first-order chi connectivity index (χ1) is 6.95. The summed E-state index contributed by atoms with van der Waals surface area (Å²) in [5, 5.41) is 0. The molecule has 2 nitrogen and oxygen atoms in total. The smallest absolute Gasteiger partial charge is 0.180 e. The molecular formula is C13H20ClNO. The summed E-state index contributed by atoms with van der Waals surface area (Å²) in [5.41, 5.74) is 8.80. The molecule has 1 rings (SSSR count). The normalized spacial score (nSPS) is 12.1. The Morgan fingerprint density at radius 3 is 2.31 bits per heavy atom. The molecule has 0 radical (unpaired) electrons. The molecule has 16 heavy (non-hydrogen) atoms. The molecule has 0 heterocycles. The molecule has 90 valence electrons. The average Bonchev–Trinajstić information content (AvgIpc) is 2.20. The Bertz CT molecular complexity index is 374. The van der Waals surface area contributed by atoms with Crippen LogP contribution in [-0.4, -0.2) is 11.8 Å². The minimum atomic E-state index is -0.398. The third kappa shape index (κ3) is 3.06. The van der Waals surface area contributed by atoms with Gasteiger partial charge in [0.15, 0.2) is 5.78 Å². The molecule has 0 aliphatic carbocycles. The van der Waals surface area contributed by atoms with Crippen LogP contribution in [0.5, 0.6) is 0 Å². The van der Waals surface area contributed by atoms with Crippen molar-refractivity contribution < 1.29 is 4.79 Å². The molecule has 3 heteroatoms. The van der Waals surface area contributed by atoms with Gasteiger partial charge in [-0.25, -0.2) is 0 Å². The monoisotopic (exact) mass is 241 g/mol. The molecule has 0 aliphatic rings. The fourth-order valence-electron chi connectivity index (χ4n) is 1.50. The minimum absolute atomic E-state index is 0. The lowest BCUT2D eigenvalue weighted by Gasteiger charge is -2.16. The zero-order valence-electron chi connectivity index (χ0n) is 10.3. The van der Waals surface area contributed by atoms with E-state index in [9.17, 15) is 4.79 Å². The Hall–Kier alpha value is -0.860.